The van der Waals surface area contributed by atoms with E-state index in [0.717, 1.165) is 23.1 Å². The van der Waals surface area contributed by atoms with Crippen LogP contribution in [-0.2, 0) is 0 Å². The molecular weight excluding hydrogens is 431 g/mol. The summed E-state index contributed by atoms with van der Waals surface area (Å²) in [6.45, 7) is 8.25. The van der Waals surface area contributed by atoms with Gasteiger partial charge in [0, 0.05) is 11.6 Å². The van der Waals surface area contributed by atoms with Gasteiger partial charge in [-0.3, -0.25) is 9.36 Å². The monoisotopic (exact) mass is 460 g/mol. The van der Waals surface area contributed by atoms with Gasteiger partial charge in [-0.2, -0.15) is 0 Å². The largest absolute Gasteiger partial charge is 0.491 e. The van der Waals surface area contributed by atoms with Gasteiger partial charge in [0.25, 0.3) is 5.56 Å². The molecule has 3 aromatic carbocycles. The highest BCUT2D eigenvalue weighted by atomic mass is 19.1. The number of nitrogens with zero attached hydrogens (tertiary/aromatic N) is 2. The molecule has 0 aliphatic heterocycles. The average Bonchev–Trinajstić information content (AvgIpc) is 2.82. The second kappa shape index (κ2) is 9.77. The predicted molar refractivity (Wildman–Crippen MR) is 133 cm³/mol. The van der Waals surface area contributed by atoms with Crippen LogP contribution in [0.1, 0.15) is 42.9 Å². The minimum Gasteiger partial charge on any atom is -0.491 e. The van der Waals surface area contributed by atoms with Gasteiger partial charge in [0.05, 0.1) is 23.2 Å². The molecule has 6 heteroatoms. The van der Waals surface area contributed by atoms with Crippen molar-refractivity contribution in [2.75, 3.05) is 13.2 Å². The Morgan fingerprint density at radius 1 is 1.06 bits per heavy atom. The Kier molecular flexibility index (Phi) is 6.80. The first-order valence-electron chi connectivity index (χ1n) is 11.5. The van der Waals surface area contributed by atoms with E-state index in [0.29, 0.717) is 34.1 Å². The zero-order valence-corrected chi connectivity index (χ0v) is 19.9. The van der Waals surface area contributed by atoms with Crippen molar-refractivity contribution >= 4 is 10.9 Å². The highest BCUT2D eigenvalue weighted by Crippen LogP contribution is 2.31. The lowest BCUT2D eigenvalue weighted by Crippen LogP contribution is -2.22. The molecule has 1 unspecified atom stereocenters. The normalized spacial score (nSPS) is 12.2. The lowest BCUT2D eigenvalue weighted by Gasteiger charge is -2.18. The zero-order chi connectivity index (χ0) is 24.4. The van der Waals surface area contributed by atoms with Gasteiger partial charge in [-0.1, -0.05) is 26.0 Å². The molecule has 0 amide bonds. The number of aliphatic hydroxyl groups is 1. The number of hydrogen-bond donors (Lipinski definition) is 1. The number of benzene rings is 3. The molecule has 4 rings (SSSR count). The fraction of sp³-hybridized carbons (Fsp3) is 0.286. The van der Waals surface area contributed by atoms with Gasteiger partial charge in [-0.05, 0) is 79.3 Å². The first-order valence-corrected chi connectivity index (χ1v) is 11.5. The van der Waals surface area contributed by atoms with Crippen LogP contribution in [0.5, 0.6) is 5.75 Å². The van der Waals surface area contributed by atoms with E-state index in [1.807, 2.05) is 50.2 Å². The van der Waals surface area contributed by atoms with Crippen LogP contribution in [0.3, 0.4) is 0 Å². The Morgan fingerprint density at radius 2 is 1.74 bits per heavy atom. The summed E-state index contributed by atoms with van der Waals surface area (Å²) in [6, 6.07) is 15.8. The first-order chi connectivity index (χ1) is 16.3. The Hall–Kier alpha value is -3.51. The van der Waals surface area contributed by atoms with Crippen LogP contribution in [-0.4, -0.2) is 27.9 Å². The summed E-state index contributed by atoms with van der Waals surface area (Å²) < 4.78 is 21.3. The molecule has 0 saturated carbocycles. The summed E-state index contributed by atoms with van der Waals surface area (Å²) in [7, 11) is 0. The number of hydrogen-bond acceptors (Lipinski definition) is 4. The highest BCUT2D eigenvalue weighted by Gasteiger charge is 2.18. The Balaban J connectivity index is 1.96. The summed E-state index contributed by atoms with van der Waals surface area (Å²) in [6.07, 6.45) is 1.02. The lowest BCUT2D eigenvalue weighted by atomic mass is 9.98. The van der Waals surface area contributed by atoms with E-state index in [1.165, 1.54) is 23.8 Å². The van der Waals surface area contributed by atoms with Crippen molar-refractivity contribution in [3.05, 3.63) is 87.5 Å². The molecule has 4 aromatic rings. The van der Waals surface area contributed by atoms with Gasteiger partial charge in [0.1, 0.15) is 24.0 Å². The number of aliphatic hydroxyl groups excluding tert-OH is 1. The molecule has 0 saturated heterocycles. The standard InChI is InChI=1S/C28H29FN2O3/c1-5-17(2)20-6-9-23(10-7-20)31-27(30-25-16-22(29)8-11-24(25)28(31)33)21-14-18(3)26(19(4)15-21)34-13-12-32/h6-11,14-17,32H,5,12-13H2,1-4H3. The number of rotatable bonds is 7. The Morgan fingerprint density at radius 3 is 2.35 bits per heavy atom. The fourth-order valence-electron chi connectivity index (χ4n) is 4.23. The third-order valence-corrected chi connectivity index (χ3v) is 6.22. The third kappa shape index (κ3) is 4.46. The van der Waals surface area contributed by atoms with E-state index in [1.54, 1.807) is 4.57 Å². The van der Waals surface area contributed by atoms with Gasteiger partial charge in [0.15, 0.2) is 0 Å². The van der Waals surface area contributed by atoms with Gasteiger partial charge in [0.2, 0.25) is 0 Å². The van der Waals surface area contributed by atoms with E-state index in [4.69, 9.17) is 14.8 Å². The maximum Gasteiger partial charge on any atom is 0.266 e. The Labute approximate surface area is 198 Å². The SMILES string of the molecule is CCC(C)c1ccc(-n2c(-c3cc(C)c(OCCO)c(C)c3)nc3cc(F)ccc3c2=O)cc1. The molecule has 0 aliphatic carbocycles. The van der Waals surface area contributed by atoms with Crippen LogP contribution in [0.2, 0.25) is 0 Å². The van der Waals surface area contributed by atoms with Gasteiger partial charge < -0.3 is 9.84 Å². The maximum absolute atomic E-state index is 14.0. The molecule has 0 bridgehead atoms. The van der Waals surface area contributed by atoms with E-state index < -0.39 is 5.82 Å². The molecule has 0 radical (unpaired) electrons. The molecule has 5 nitrogen and oxygen atoms in total. The van der Waals surface area contributed by atoms with Crippen LogP contribution in [0.4, 0.5) is 4.39 Å². The van der Waals surface area contributed by atoms with Crippen LogP contribution < -0.4 is 10.3 Å². The fourth-order valence-corrected chi connectivity index (χ4v) is 4.23. The zero-order valence-electron chi connectivity index (χ0n) is 19.9. The van der Waals surface area contributed by atoms with Crippen LogP contribution in [0.15, 0.2) is 59.4 Å². The summed E-state index contributed by atoms with van der Waals surface area (Å²) in [5.74, 6) is 1.09. The molecule has 0 fully saturated rings. The van der Waals surface area contributed by atoms with Crippen LogP contribution in [0, 0.1) is 19.7 Å². The summed E-state index contributed by atoms with van der Waals surface area (Å²) in [5.41, 5.74) is 4.39. The van der Waals surface area contributed by atoms with E-state index in [-0.39, 0.29) is 18.8 Å². The highest BCUT2D eigenvalue weighted by molar-refractivity contribution is 5.81. The molecule has 176 valence electrons. The minimum atomic E-state index is -0.443. The van der Waals surface area contributed by atoms with E-state index in [2.05, 4.69) is 13.8 Å². The first kappa shape index (κ1) is 23.6. The third-order valence-electron chi connectivity index (χ3n) is 6.22. The van der Waals surface area contributed by atoms with Crippen molar-refractivity contribution in [3.8, 4) is 22.8 Å². The topological polar surface area (TPSA) is 64.3 Å². The molecule has 0 spiro atoms. The Bertz CT molecular complexity index is 1370. The van der Waals surface area contributed by atoms with Gasteiger partial charge in [-0.15, -0.1) is 0 Å². The quantitative estimate of drug-likeness (QED) is 0.385. The van der Waals surface area contributed by atoms with Crippen molar-refractivity contribution in [2.45, 2.75) is 40.0 Å². The number of ether oxygens (including phenoxy) is 1. The minimum absolute atomic E-state index is 0.0788. The summed E-state index contributed by atoms with van der Waals surface area (Å²) >= 11 is 0. The summed E-state index contributed by atoms with van der Waals surface area (Å²) in [4.78, 5) is 18.4. The second-order valence-corrected chi connectivity index (χ2v) is 8.65. The number of aromatic nitrogens is 2. The molecular formula is C28H29FN2O3. The van der Waals surface area contributed by atoms with Gasteiger partial charge in [-0.25, -0.2) is 9.37 Å². The van der Waals surface area contributed by atoms with E-state index >= 15 is 0 Å². The molecule has 1 heterocycles. The molecule has 1 atom stereocenters. The molecule has 1 N–H and O–H groups in total. The van der Waals surface area contributed by atoms with Crippen molar-refractivity contribution in [2.24, 2.45) is 0 Å². The van der Waals surface area contributed by atoms with Crippen molar-refractivity contribution in [1.82, 2.24) is 9.55 Å². The van der Waals surface area contributed by atoms with Crippen molar-refractivity contribution in [1.29, 1.82) is 0 Å². The van der Waals surface area contributed by atoms with Crippen LogP contribution in [0.25, 0.3) is 28.0 Å². The number of aryl methyl sites for hydroxylation is 2. The average molecular weight is 461 g/mol. The molecule has 1 aromatic heterocycles. The van der Waals surface area contributed by atoms with Gasteiger partial charge >= 0.3 is 0 Å². The predicted octanol–water partition coefficient (Wildman–Crippen LogP) is 5.69. The van der Waals surface area contributed by atoms with Crippen molar-refractivity contribution < 1.29 is 14.2 Å². The second-order valence-electron chi connectivity index (χ2n) is 8.65. The molecule has 34 heavy (non-hydrogen) atoms. The maximum atomic E-state index is 14.0. The van der Waals surface area contributed by atoms with Crippen LogP contribution >= 0.6 is 0 Å². The number of fused-ring (bicyclic) bond motifs is 1. The summed E-state index contributed by atoms with van der Waals surface area (Å²) in [5, 5.41) is 9.48. The lowest BCUT2D eigenvalue weighted by molar-refractivity contribution is 0.200. The smallest absolute Gasteiger partial charge is 0.266 e. The number of halogens is 1. The molecule has 0 aliphatic rings. The van der Waals surface area contributed by atoms with E-state index in [9.17, 15) is 9.18 Å². The van der Waals surface area contributed by atoms with Crippen molar-refractivity contribution in [3.63, 3.8) is 0 Å².